The van der Waals surface area contributed by atoms with Crippen LogP contribution in [0.5, 0.6) is 0 Å². The van der Waals surface area contributed by atoms with Gasteiger partial charge in [-0.15, -0.1) is 0 Å². The lowest BCUT2D eigenvalue weighted by Crippen LogP contribution is -2.40. The Balaban J connectivity index is 3.96. The van der Waals surface area contributed by atoms with Gasteiger partial charge in [0, 0.05) is 5.41 Å². The van der Waals surface area contributed by atoms with E-state index in [0.29, 0.717) is 0 Å². The zero-order chi connectivity index (χ0) is 9.78. The van der Waals surface area contributed by atoms with Crippen molar-refractivity contribution in [2.24, 2.45) is 11.1 Å². The van der Waals surface area contributed by atoms with E-state index >= 15 is 0 Å². The predicted molar refractivity (Wildman–Crippen MR) is 46.3 cm³/mol. The molecule has 0 saturated carbocycles. The van der Waals surface area contributed by atoms with Crippen molar-refractivity contribution in [2.75, 3.05) is 6.54 Å². The van der Waals surface area contributed by atoms with E-state index in [1.54, 1.807) is 0 Å². The van der Waals surface area contributed by atoms with E-state index in [-0.39, 0.29) is 12.5 Å². The van der Waals surface area contributed by atoms with Crippen LogP contribution >= 0.6 is 0 Å². The van der Waals surface area contributed by atoms with Crippen molar-refractivity contribution in [1.82, 2.24) is 5.32 Å². The molecule has 0 fully saturated rings. The standard InChI is InChI=1S/C8H16N2O2/c1-4-8(2,3)7(12)10-5-6(9)11/h4-5H2,1-3H3,(H2,9,11)(H,10,12). The fraction of sp³-hybridized carbons (Fsp3) is 0.750. The molecule has 12 heavy (non-hydrogen) atoms. The fourth-order valence-electron chi connectivity index (χ4n) is 0.567. The van der Waals surface area contributed by atoms with E-state index in [9.17, 15) is 9.59 Å². The van der Waals surface area contributed by atoms with E-state index in [1.807, 2.05) is 20.8 Å². The van der Waals surface area contributed by atoms with Crippen LogP contribution in [0.25, 0.3) is 0 Å². The molecule has 3 N–H and O–H groups in total. The molecule has 0 aliphatic rings. The molecule has 0 bridgehead atoms. The van der Waals surface area contributed by atoms with Gasteiger partial charge in [0.15, 0.2) is 0 Å². The molecule has 0 saturated heterocycles. The maximum absolute atomic E-state index is 11.3. The van der Waals surface area contributed by atoms with Crippen molar-refractivity contribution in [3.05, 3.63) is 0 Å². The first-order chi connectivity index (χ1) is 5.40. The second-order valence-corrected chi connectivity index (χ2v) is 3.39. The lowest BCUT2D eigenvalue weighted by atomic mass is 9.89. The molecule has 70 valence electrons. The van der Waals surface area contributed by atoms with Crippen LogP contribution < -0.4 is 11.1 Å². The highest BCUT2D eigenvalue weighted by Crippen LogP contribution is 2.18. The van der Waals surface area contributed by atoms with Crippen LogP contribution in [-0.4, -0.2) is 18.4 Å². The van der Waals surface area contributed by atoms with Gasteiger partial charge in [0.05, 0.1) is 6.54 Å². The molecule has 4 nitrogen and oxygen atoms in total. The largest absolute Gasteiger partial charge is 0.368 e. The van der Waals surface area contributed by atoms with Gasteiger partial charge in [0.2, 0.25) is 11.8 Å². The van der Waals surface area contributed by atoms with E-state index in [1.165, 1.54) is 0 Å². The third-order valence-corrected chi connectivity index (χ3v) is 1.92. The molecular weight excluding hydrogens is 156 g/mol. The normalized spacial score (nSPS) is 10.9. The molecule has 0 aromatic carbocycles. The molecule has 2 amide bonds. The van der Waals surface area contributed by atoms with Gasteiger partial charge in [0.25, 0.3) is 0 Å². The van der Waals surface area contributed by atoms with E-state index in [0.717, 1.165) is 6.42 Å². The molecule has 0 aliphatic carbocycles. The molecule has 0 radical (unpaired) electrons. The fourth-order valence-corrected chi connectivity index (χ4v) is 0.567. The minimum Gasteiger partial charge on any atom is -0.368 e. The molecule has 0 rings (SSSR count). The van der Waals surface area contributed by atoms with Crippen molar-refractivity contribution >= 4 is 11.8 Å². The summed E-state index contributed by atoms with van der Waals surface area (Å²) in [5, 5.41) is 2.46. The Bertz CT molecular complexity index is 187. The number of carbonyl (C=O) groups excluding carboxylic acids is 2. The van der Waals surface area contributed by atoms with Gasteiger partial charge in [-0.1, -0.05) is 20.8 Å². The molecule has 0 aromatic heterocycles. The van der Waals surface area contributed by atoms with Crippen molar-refractivity contribution in [3.63, 3.8) is 0 Å². The first-order valence-corrected chi connectivity index (χ1v) is 3.96. The van der Waals surface area contributed by atoms with Gasteiger partial charge >= 0.3 is 0 Å². The summed E-state index contributed by atoms with van der Waals surface area (Å²) in [6, 6.07) is 0. The Hall–Kier alpha value is -1.06. The molecule has 0 spiro atoms. The average molecular weight is 172 g/mol. The maximum atomic E-state index is 11.3. The summed E-state index contributed by atoms with van der Waals surface area (Å²) in [4.78, 5) is 21.6. The van der Waals surface area contributed by atoms with Crippen molar-refractivity contribution in [1.29, 1.82) is 0 Å². The molecule has 4 heteroatoms. The monoisotopic (exact) mass is 172 g/mol. The van der Waals surface area contributed by atoms with E-state index < -0.39 is 11.3 Å². The lowest BCUT2D eigenvalue weighted by Gasteiger charge is -2.20. The average Bonchev–Trinajstić information content (AvgIpc) is 2.00. The quantitative estimate of drug-likeness (QED) is 0.627. The summed E-state index contributed by atoms with van der Waals surface area (Å²) in [5.41, 5.74) is 4.45. The topological polar surface area (TPSA) is 72.2 Å². The van der Waals surface area contributed by atoms with Crippen LogP contribution in [0.3, 0.4) is 0 Å². The highest BCUT2D eigenvalue weighted by atomic mass is 16.2. The number of nitrogens with one attached hydrogen (secondary N) is 1. The molecule has 0 unspecified atom stereocenters. The van der Waals surface area contributed by atoms with E-state index in [4.69, 9.17) is 5.73 Å². The van der Waals surface area contributed by atoms with Gasteiger partial charge in [-0.2, -0.15) is 0 Å². The molecular formula is C8H16N2O2. The number of hydrogen-bond acceptors (Lipinski definition) is 2. The third kappa shape index (κ3) is 3.37. The first-order valence-electron chi connectivity index (χ1n) is 3.96. The summed E-state index contributed by atoms with van der Waals surface area (Å²) in [6.07, 6.45) is 0.734. The zero-order valence-corrected chi connectivity index (χ0v) is 7.81. The van der Waals surface area contributed by atoms with Crippen LogP contribution in [0.4, 0.5) is 0 Å². The number of rotatable bonds is 4. The maximum Gasteiger partial charge on any atom is 0.236 e. The summed E-state index contributed by atoms with van der Waals surface area (Å²) in [7, 11) is 0. The van der Waals surface area contributed by atoms with Crippen LogP contribution in [0.1, 0.15) is 27.2 Å². The van der Waals surface area contributed by atoms with Gasteiger partial charge in [0.1, 0.15) is 0 Å². The van der Waals surface area contributed by atoms with Crippen LogP contribution in [0.2, 0.25) is 0 Å². The molecule has 0 aromatic rings. The highest BCUT2D eigenvalue weighted by Gasteiger charge is 2.24. The molecule has 0 heterocycles. The summed E-state index contributed by atoms with van der Waals surface area (Å²) >= 11 is 0. The minimum atomic E-state index is -0.518. The Morgan fingerprint density at radius 1 is 1.42 bits per heavy atom. The number of nitrogens with two attached hydrogens (primary N) is 1. The number of amides is 2. The Morgan fingerprint density at radius 2 is 1.92 bits per heavy atom. The van der Waals surface area contributed by atoms with Crippen molar-refractivity contribution < 1.29 is 9.59 Å². The highest BCUT2D eigenvalue weighted by molar-refractivity contribution is 5.86. The van der Waals surface area contributed by atoms with Crippen molar-refractivity contribution in [3.8, 4) is 0 Å². The Labute approximate surface area is 72.5 Å². The summed E-state index contributed by atoms with van der Waals surface area (Å²) in [5.74, 6) is -0.654. The van der Waals surface area contributed by atoms with Gasteiger partial charge in [-0.3, -0.25) is 9.59 Å². The minimum absolute atomic E-state index is 0.0811. The SMILES string of the molecule is CCC(C)(C)C(=O)NCC(N)=O. The van der Waals surface area contributed by atoms with Crippen molar-refractivity contribution in [2.45, 2.75) is 27.2 Å². The predicted octanol–water partition coefficient (Wildman–Crippen LogP) is 0.0241. The number of hydrogen-bond donors (Lipinski definition) is 2. The Kier molecular flexibility index (Phi) is 3.73. The summed E-state index contributed by atoms with van der Waals surface area (Å²) < 4.78 is 0. The number of carbonyl (C=O) groups is 2. The lowest BCUT2D eigenvalue weighted by molar-refractivity contribution is -0.131. The van der Waals surface area contributed by atoms with Crippen LogP contribution in [0.15, 0.2) is 0 Å². The smallest absolute Gasteiger partial charge is 0.236 e. The molecule has 0 atom stereocenters. The second-order valence-electron chi connectivity index (χ2n) is 3.39. The summed E-state index contributed by atoms with van der Waals surface area (Å²) in [6.45, 7) is 5.48. The Morgan fingerprint density at radius 3 is 2.25 bits per heavy atom. The van der Waals surface area contributed by atoms with Gasteiger partial charge in [-0.05, 0) is 6.42 Å². The van der Waals surface area contributed by atoms with Gasteiger partial charge in [-0.25, -0.2) is 0 Å². The van der Waals surface area contributed by atoms with Crippen LogP contribution in [0, 0.1) is 5.41 Å². The third-order valence-electron chi connectivity index (χ3n) is 1.92. The van der Waals surface area contributed by atoms with Crippen LogP contribution in [-0.2, 0) is 9.59 Å². The zero-order valence-electron chi connectivity index (χ0n) is 7.81. The van der Waals surface area contributed by atoms with Gasteiger partial charge < -0.3 is 11.1 Å². The second kappa shape index (κ2) is 4.09. The van der Waals surface area contributed by atoms with E-state index in [2.05, 4.69) is 5.32 Å². The number of primary amides is 1. The molecule has 0 aliphatic heterocycles. The first kappa shape index (κ1) is 10.9.